The first kappa shape index (κ1) is 22.4. The molecule has 0 heterocycles. The van der Waals surface area contributed by atoms with Crippen LogP contribution in [0.4, 0.5) is 4.39 Å². The number of hydrogen-bond donors (Lipinski definition) is 3. The molecule has 8 heteroatoms. The molecular weight excluding hydrogens is 426 g/mol. The van der Waals surface area contributed by atoms with Gasteiger partial charge in [-0.25, -0.2) is 9.38 Å². The number of rotatable bonds is 8. The van der Waals surface area contributed by atoms with Gasteiger partial charge in [0, 0.05) is 19.2 Å². The van der Waals surface area contributed by atoms with E-state index in [0.717, 1.165) is 0 Å². The Morgan fingerprint density at radius 3 is 2.58 bits per heavy atom. The molecule has 1 aromatic carbocycles. The topological polar surface area (TPSA) is 74.8 Å². The highest BCUT2D eigenvalue weighted by atomic mass is 127. The number of aliphatic imine (C=N–C) groups is 1. The maximum atomic E-state index is 13.1. The predicted molar refractivity (Wildman–Crippen MR) is 105 cm³/mol. The highest BCUT2D eigenvalue weighted by Crippen LogP contribution is 2.13. The van der Waals surface area contributed by atoms with Gasteiger partial charge in [0.25, 0.3) is 0 Å². The Kier molecular flexibility index (Phi) is 12.0. The van der Waals surface area contributed by atoms with E-state index < -0.39 is 0 Å². The molecule has 0 radical (unpaired) electrons. The van der Waals surface area contributed by atoms with Crippen LogP contribution in [-0.2, 0) is 4.79 Å². The molecule has 0 aromatic heterocycles. The van der Waals surface area contributed by atoms with E-state index in [1.54, 1.807) is 12.1 Å². The van der Waals surface area contributed by atoms with Crippen LogP contribution in [0.3, 0.4) is 0 Å². The molecule has 0 saturated carbocycles. The van der Waals surface area contributed by atoms with Gasteiger partial charge in [-0.2, -0.15) is 0 Å². The van der Waals surface area contributed by atoms with E-state index in [0.29, 0.717) is 31.3 Å². The van der Waals surface area contributed by atoms with Gasteiger partial charge >= 0.3 is 0 Å². The summed E-state index contributed by atoms with van der Waals surface area (Å²) in [6, 6.07) is 6.01. The van der Waals surface area contributed by atoms with Crippen LogP contribution in [0, 0.1) is 5.82 Å². The summed E-state index contributed by atoms with van der Waals surface area (Å²) in [6.07, 6.45) is -0.190. The van der Waals surface area contributed by atoms with Gasteiger partial charge in [0.1, 0.15) is 24.2 Å². The Morgan fingerprint density at radius 1 is 1.25 bits per heavy atom. The minimum Gasteiger partial charge on any atom is -0.489 e. The van der Waals surface area contributed by atoms with Crippen molar-refractivity contribution in [3.05, 3.63) is 30.1 Å². The summed E-state index contributed by atoms with van der Waals surface area (Å²) >= 11 is 0. The van der Waals surface area contributed by atoms with Crippen molar-refractivity contribution in [3.63, 3.8) is 0 Å². The van der Waals surface area contributed by atoms with Crippen LogP contribution in [0.1, 0.15) is 20.8 Å². The van der Waals surface area contributed by atoms with Crippen molar-refractivity contribution in [1.82, 2.24) is 16.0 Å². The number of ether oxygens (including phenoxy) is 1. The summed E-state index contributed by atoms with van der Waals surface area (Å²) in [6.45, 7) is 7.45. The average molecular weight is 452 g/mol. The Bertz CT molecular complexity index is 529. The number of likely N-dealkylation sites (N-methyl/N-ethyl adjacent to an activating group) is 1. The molecule has 1 amide bonds. The highest BCUT2D eigenvalue weighted by Gasteiger charge is 2.07. The highest BCUT2D eigenvalue weighted by molar-refractivity contribution is 14.0. The second-order valence-electron chi connectivity index (χ2n) is 4.92. The van der Waals surface area contributed by atoms with Crippen LogP contribution in [0.15, 0.2) is 29.3 Å². The van der Waals surface area contributed by atoms with Crippen molar-refractivity contribution in [3.8, 4) is 5.75 Å². The Hall–Kier alpha value is -1.58. The zero-order valence-electron chi connectivity index (χ0n) is 14.3. The van der Waals surface area contributed by atoms with Crippen molar-refractivity contribution in [2.24, 2.45) is 4.99 Å². The Morgan fingerprint density at radius 2 is 1.96 bits per heavy atom. The molecule has 136 valence electrons. The van der Waals surface area contributed by atoms with E-state index in [4.69, 9.17) is 4.74 Å². The summed E-state index contributed by atoms with van der Waals surface area (Å²) in [5.74, 6) is 0.547. The van der Waals surface area contributed by atoms with Crippen molar-refractivity contribution < 1.29 is 13.9 Å². The first-order valence-corrected chi connectivity index (χ1v) is 7.76. The maximum absolute atomic E-state index is 13.1. The lowest BCUT2D eigenvalue weighted by molar-refractivity contribution is -0.119. The number of halogens is 2. The Balaban J connectivity index is 0.00000529. The minimum atomic E-state index is -0.334. The number of guanidine groups is 1. The molecule has 1 rings (SSSR count). The number of nitrogens with one attached hydrogen (secondary N) is 3. The largest absolute Gasteiger partial charge is 0.489 e. The zero-order chi connectivity index (χ0) is 17.1. The minimum absolute atomic E-state index is 0. The second-order valence-corrected chi connectivity index (χ2v) is 4.92. The molecule has 0 aliphatic heterocycles. The van der Waals surface area contributed by atoms with E-state index >= 15 is 0 Å². The number of hydrogen-bond acceptors (Lipinski definition) is 3. The van der Waals surface area contributed by atoms with Gasteiger partial charge in [-0.05, 0) is 32.9 Å². The summed E-state index contributed by atoms with van der Waals surface area (Å²) in [7, 11) is 0. The fraction of sp³-hybridized carbons (Fsp3) is 0.500. The fourth-order valence-electron chi connectivity index (χ4n) is 1.80. The first-order chi connectivity index (χ1) is 11.0. The third-order valence-corrected chi connectivity index (χ3v) is 2.79. The number of nitrogens with zero attached hydrogens (tertiary/aromatic N) is 1. The number of carbonyl (C=O) groups excluding carboxylic acids is 1. The van der Waals surface area contributed by atoms with Gasteiger partial charge in [0.2, 0.25) is 5.91 Å². The lowest BCUT2D eigenvalue weighted by Gasteiger charge is -2.17. The first-order valence-electron chi connectivity index (χ1n) is 7.76. The number of amides is 1. The van der Waals surface area contributed by atoms with E-state index in [2.05, 4.69) is 20.9 Å². The maximum Gasteiger partial charge on any atom is 0.241 e. The van der Waals surface area contributed by atoms with Crippen LogP contribution in [-0.4, -0.2) is 44.1 Å². The fourth-order valence-corrected chi connectivity index (χ4v) is 1.80. The molecule has 3 N–H and O–H groups in total. The van der Waals surface area contributed by atoms with Crippen LogP contribution in [0.5, 0.6) is 5.75 Å². The third kappa shape index (κ3) is 9.53. The van der Waals surface area contributed by atoms with Crippen molar-refractivity contribution >= 4 is 35.8 Å². The van der Waals surface area contributed by atoms with Crippen molar-refractivity contribution in [1.29, 1.82) is 0 Å². The quantitative estimate of drug-likeness (QED) is 0.320. The molecule has 1 aromatic rings. The standard InChI is InChI=1S/C16H25FN4O2.HI/c1-4-18-15(22)11-21-16(19-5-2)20-10-12(3)23-14-8-6-7-13(17)9-14;/h6-9,12H,4-5,10-11H2,1-3H3,(H,18,22)(H2,19,20,21);1H. The normalized spacial score (nSPS) is 11.9. The summed E-state index contributed by atoms with van der Waals surface area (Å²) in [4.78, 5) is 15.6. The van der Waals surface area contributed by atoms with Crippen molar-refractivity contribution in [2.75, 3.05) is 26.2 Å². The molecule has 0 fully saturated rings. The van der Waals surface area contributed by atoms with Gasteiger partial charge in [-0.15, -0.1) is 24.0 Å². The van der Waals surface area contributed by atoms with Gasteiger partial charge in [0.05, 0.1) is 6.54 Å². The SMILES string of the molecule is CCNC(=O)CN=C(NCC)NCC(C)Oc1cccc(F)c1.I. The summed E-state index contributed by atoms with van der Waals surface area (Å²) in [5.41, 5.74) is 0. The molecule has 0 spiro atoms. The smallest absolute Gasteiger partial charge is 0.241 e. The van der Waals surface area contributed by atoms with E-state index in [-0.39, 0.29) is 48.3 Å². The summed E-state index contributed by atoms with van der Waals surface area (Å²) < 4.78 is 18.7. The molecule has 6 nitrogen and oxygen atoms in total. The second kappa shape index (κ2) is 12.8. The lowest BCUT2D eigenvalue weighted by Crippen LogP contribution is -2.42. The molecule has 0 aliphatic rings. The number of benzene rings is 1. The van der Waals surface area contributed by atoms with Crippen LogP contribution >= 0.6 is 24.0 Å². The Labute approximate surface area is 159 Å². The van der Waals surface area contributed by atoms with E-state index in [1.807, 2.05) is 20.8 Å². The van der Waals surface area contributed by atoms with Crippen molar-refractivity contribution in [2.45, 2.75) is 26.9 Å². The van der Waals surface area contributed by atoms with Gasteiger partial charge in [0.15, 0.2) is 5.96 Å². The molecule has 0 aliphatic carbocycles. The lowest BCUT2D eigenvalue weighted by atomic mass is 10.3. The average Bonchev–Trinajstić information content (AvgIpc) is 2.50. The molecule has 0 saturated heterocycles. The number of carbonyl (C=O) groups is 1. The van der Waals surface area contributed by atoms with E-state index in [9.17, 15) is 9.18 Å². The summed E-state index contributed by atoms with van der Waals surface area (Å²) in [5, 5.41) is 8.83. The molecule has 1 unspecified atom stereocenters. The van der Waals surface area contributed by atoms with E-state index in [1.165, 1.54) is 12.1 Å². The zero-order valence-corrected chi connectivity index (χ0v) is 16.6. The molecule has 24 heavy (non-hydrogen) atoms. The molecule has 1 atom stereocenters. The van der Waals surface area contributed by atoms with Gasteiger partial charge < -0.3 is 20.7 Å². The van der Waals surface area contributed by atoms with Crippen LogP contribution in [0.25, 0.3) is 0 Å². The van der Waals surface area contributed by atoms with Crippen LogP contribution in [0.2, 0.25) is 0 Å². The monoisotopic (exact) mass is 452 g/mol. The van der Waals surface area contributed by atoms with Gasteiger partial charge in [-0.3, -0.25) is 4.79 Å². The third-order valence-electron chi connectivity index (χ3n) is 2.79. The molecular formula is C16H26FIN4O2. The predicted octanol–water partition coefficient (Wildman–Crippen LogP) is 1.90. The molecule has 0 bridgehead atoms. The van der Waals surface area contributed by atoms with Gasteiger partial charge in [-0.1, -0.05) is 6.07 Å². The van der Waals surface area contributed by atoms with Crippen LogP contribution < -0.4 is 20.7 Å².